The number of aromatic nitrogens is 3. The lowest BCUT2D eigenvalue weighted by atomic mass is 10.1. The quantitative estimate of drug-likeness (QED) is 0.630. The second-order valence-corrected chi connectivity index (χ2v) is 7.07. The minimum atomic E-state index is -1.18. The normalized spacial score (nSPS) is 15.9. The maximum Gasteiger partial charge on any atom is 0.230 e. The first kappa shape index (κ1) is 20.6. The van der Waals surface area contributed by atoms with Crippen molar-refractivity contribution < 1.29 is 18.3 Å². The van der Waals surface area contributed by atoms with E-state index in [4.69, 9.17) is 4.74 Å². The van der Waals surface area contributed by atoms with Crippen LogP contribution in [0.5, 0.6) is 11.6 Å². The molecule has 3 aromatic rings. The Hall–Kier alpha value is -3.62. The first-order valence-electron chi connectivity index (χ1n) is 9.96. The van der Waals surface area contributed by atoms with E-state index < -0.39 is 11.6 Å². The minimum Gasteiger partial charge on any atom is -0.435 e. The lowest BCUT2D eigenvalue weighted by Crippen LogP contribution is -2.28. The number of carbonyl (C=O) groups is 1. The molecule has 0 radical (unpaired) electrons. The first-order valence-corrected chi connectivity index (χ1v) is 9.96. The van der Waals surface area contributed by atoms with Gasteiger partial charge < -0.3 is 15.0 Å². The van der Waals surface area contributed by atoms with Gasteiger partial charge in [0, 0.05) is 31.9 Å². The maximum atomic E-state index is 14.9. The van der Waals surface area contributed by atoms with Gasteiger partial charge in [-0.3, -0.25) is 4.79 Å². The zero-order valence-corrected chi connectivity index (χ0v) is 17.1. The molecule has 0 aliphatic carbocycles. The molecule has 1 saturated heterocycles. The van der Waals surface area contributed by atoms with E-state index in [0.717, 1.165) is 0 Å². The molecule has 1 aromatic carbocycles. The standard InChI is InChI=1S/C22H21F2N5O2/c1-3-13-9-12-29(21(13)30)16-6-7-17(19(24)18(16)23)31-20-14(5-4-10-26-20)15-8-11-27-22(25-2)28-15/h4-8,10-11,13H,3,9,12H2,1-2H3,(H,25,27,28). The highest BCUT2D eigenvalue weighted by Gasteiger charge is 2.33. The molecule has 1 aliphatic heterocycles. The number of benzene rings is 1. The molecule has 1 N–H and O–H groups in total. The summed E-state index contributed by atoms with van der Waals surface area (Å²) in [5.74, 6) is -2.52. The first-order chi connectivity index (χ1) is 15.0. The molecular formula is C22H21F2N5O2. The molecule has 1 amide bonds. The summed E-state index contributed by atoms with van der Waals surface area (Å²) >= 11 is 0. The van der Waals surface area contributed by atoms with Crippen LogP contribution >= 0.6 is 0 Å². The van der Waals surface area contributed by atoms with E-state index in [9.17, 15) is 13.6 Å². The number of rotatable bonds is 6. The zero-order chi connectivity index (χ0) is 22.0. The van der Waals surface area contributed by atoms with Crippen molar-refractivity contribution in [2.45, 2.75) is 19.8 Å². The number of nitrogens with zero attached hydrogens (tertiary/aromatic N) is 4. The Morgan fingerprint density at radius 1 is 1.16 bits per heavy atom. The molecule has 160 valence electrons. The minimum absolute atomic E-state index is 0.0672. The van der Waals surface area contributed by atoms with E-state index in [1.54, 1.807) is 31.4 Å². The largest absolute Gasteiger partial charge is 0.435 e. The van der Waals surface area contributed by atoms with E-state index in [1.165, 1.54) is 23.2 Å². The van der Waals surface area contributed by atoms with Crippen molar-refractivity contribution in [3.8, 4) is 22.9 Å². The molecule has 2 aromatic heterocycles. The number of ether oxygens (including phenoxy) is 1. The predicted molar refractivity (Wildman–Crippen MR) is 112 cm³/mol. The second kappa shape index (κ2) is 8.63. The van der Waals surface area contributed by atoms with Crippen LogP contribution in [0.25, 0.3) is 11.3 Å². The molecule has 1 fully saturated rings. The fourth-order valence-corrected chi connectivity index (χ4v) is 3.57. The van der Waals surface area contributed by atoms with E-state index >= 15 is 0 Å². The summed E-state index contributed by atoms with van der Waals surface area (Å²) < 4.78 is 35.3. The number of halogens is 2. The topological polar surface area (TPSA) is 80.2 Å². The Labute approximate surface area is 178 Å². The van der Waals surface area contributed by atoms with Crippen LogP contribution in [0.4, 0.5) is 20.4 Å². The van der Waals surface area contributed by atoms with Crippen LogP contribution in [0.1, 0.15) is 19.8 Å². The average molecular weight is 425 g/mol. The fourth-order valence-electron chi connectivity index (χ4n) is 3.57. The average Bonchev–Trinajstić information content (AvgIpc) is 3.17. The molecule has 1 atom stereocenters. The summed E-state index contributed by atoms with van der Waals surface area (Å²) in [4.78, 5) is 26.3. The summed E-state index contributed by atoms with van der Waals surface area (Å²) in [7, 11) is 1.69. The zero-order valence-electron chi connectivity index (χ0n) is 17.1. The highest BCUT2D eigenvalue weighted by Crippen LogP contribution is 2.36. The number of hydrogen-bond acceptors (Lipinski definition) is 6. The van der Waals surface area contributed by atoms with Gasteiger partial charge in [-0.05, 0) is 43.2 Å². The van der Waals surface area contributed by atoms with Crippen molar-refractivity contribution in [2.75, 3.05) is 23.8 Å². The monoisotopic (exact) mass is 425 g/mol. The SMILES string of the molecule is CCC1CCN(c2ccc(Oc3ncccc3-c3ccnc(NC)n3)c(F)c2F)C1=O. The molecule has 1 aliphatic rings. The fraction of sp³-hybridized carbons (Fsp3) is 0.273. The van der Waals surface area contributed by atoms with Crippen LogP contribution in [0.3, 0.4) is 0 Å². The molecule has 0 saturated carbocycles. The summed E-state index contributed by atoms with van der Waals surface area (Å²) in [6.07, 6.45) is 4.34. The van der Waals surface area contributed by atoms with E-state index in [1.807, 2.05) is 6.92 Å². The predicted octanol–water partition coefficient (Wildman–Crippen LogP) is 4.41. The summed E-state index contributed by atoms with van der Waals surface area (Å²) in [6, 6.07) is 7.72. The lowest BCUT2D eigenvalue weighted by molar-refractivity contribution is -0.120. The van der Waals surface area contributed by atoms with Crippen molar-refractivity contribution in [3.63, 3.8) is 0 Å². The van der Waals surface area contributed by atoms with Gasteiger partial charge in [-0.2, -0.15) is 4.39 Å². The van der Waals surface area contributed by atoms with Gasteiger partial charge >= 0.3 is 0 Å². The molecule has 31 heavy (non-hydrogen) atoms. The third-order valence-electron chi connectivity index (χ3n) is 5.26. The Morgan fingerprint density at radius 3 is 2.74 bits per heavy atom. The number of pyridine rings is 1. The molecule has 0 bridgehead atoms. The molecule has 4 rings (SSSR count). The van der Waals surface area contributed by atoms with Crippen molar-refractivity contribution >= 4 is 17.5 Å². The Kier molecular flexibility index (Phi) is 5.75. The van der Waals surface area contributed by atoms with Gasteiger partial charge in [0.2, 0.25) is 23.6 Å². The third kappa shape index (κ3) is 3.90. The number of carbonyl (C=O) groups excluding carboxylic acids is 1. The maximum absolute atomic E-state index is 14.9. The van der Waals surface area contributed by atoms with E-state index in [0.29, 0.717) is 36.6 Å². The van der Waals surface area contributed by atoms with Crippen LogP contribution in [0.2, 0.25) is 0 Å². The van der Waals surface area contributed by atoms with Gasteiger partial charge in [0.05, 0.1) is 16.9 Å². The van der Waals surface area contributed by atoms with Gasteiger partial charge in [0.15, 0.2) is 11.6 Å². The van der Waals surface area contributed by atoms with Gasteiger partial charge in [-0.15, -0.1) is 0 Å². The van der Waals surface area contributed by atoms with Crippen molar-refractivity contribution in [3.05, 3.63) is 54.4 Å². The summed E-state index contributed by atoms with van der Waals surface area (Å²) in [5.41, 5.74) is 0.917. The van der Waals surface area contributed by atoms with Gasteiger partial charge in [0.1, 0.15) is 0 Å². The van der Waals surface area contributed by atoms with E-state index in [-0.39, 0.29) is 29.1 Å². The summed E-state index contributed by atoms with van der Waals surface area (Å²) in [6.45, 7) is 2.27. The highest BCUT2D eigenvalue weighted by molar-refractivity contribution is 5.97. The van der Waals surface area contributed by atoms with Crippen molar-refractivity contribution in [2.24, 2.45) is 5.92 Å². The number of hydrogen-bond donors (Lipinski definition) is 1. The molecule has 3 heterocycles. The van der Waals surface area contributed by atoms with Crippen LogP contribution < -0.4 is 15.0 Å². The molecule has 7 nitrogen and oxygen atoms in total. The third-order valence-corrected chi connectivity index (χ3v) is 5.26. The Balaban J connectivity index is 1.66. The number of amides is 1. The molecule has 1 unspecified atom stereocenters. The molecule has 0 spiro atoms. The van der Waals surface area contributed by atoms with Crippen molar-refractivity contribution in [1.82, 2.24) is 15.0 Å². The molecule has 9 heteroatoms. The van der Waals surface area contributed by atoms with Crippen LogP contribution in [-0.2, 0) is 4.79 Å². The second-order valence-electron chi connectivity index (χ2n) is 7.07. The Bertz CT molecular complexity index is 1120. The Morgan fingerprint density at radius 2 is 2.00 bits per heavy atom. The number of nitrogens with one attached hydrogen (secondary N) is 1. The smallest absolute Gasteiger partial charge is 0.230 e. The van der Waals surface area contributed by atoms with Gasteiger partial charge in [0.25, 0.3) is 0 Å². The summed E-state index contributed by atoms with van der Waals surface area (Å²) in [5, 5.41) is 2.84. The van der Waals surface area contributed by atoms with Crippen LogP contribution in [0, 0.1) is 17.6 Å². The molecular weight excluding hydrogens is 404 g/mol. The van der Waals surface area contributed by atoms with Crippen LogP contribution in [-0.4, -0.2) is 34.5 Å². The highest BCUT2D eigenvalue weighted by atomic mass is 19.2. The number of anilines is 2. The van der Waals surface area contributed by atoms with Gasteiger partial charge in [-0.1, -0.05) is 6.92 Å². The van der Waals surface area contributed by atoms with Crippen molar-refractivity contribution in [1.29, 1.82) is 0 Å². The van der Waals surface area contributed by atoms with E-state index in [2.05, 4.69) is 20.3 Å². The van der Waals surface area contributed by atoms with Crippen LogP contribution in [0.15, 0.2) is 42.7 Å². The lowest BCUT2D eigenvalue weighted by Gasteiger charge is -2.19. The van der Waals surface area contributed by atoms with Gasteiger partial charge in [-0.25, -0.2) is 19.3 Å².